The average Bonchev–Trinajstić information content (AvgIpc) is 2.70. The fourth-order valence-electron chi connectivity index (χ4n) is 3.54. The van der Waals surface area contributed by atoms with Crippen molar-refractivity contribution >= 4 is 41.3 Å². The van der Waals surface area contributed by atoms with Crippen molar-refractivity contribution in [3.8, 4) is 0 Å². The summed E-state index contributed by atoms with van der Waals surface area (Å²) in [5, 5.41) is 0. The molecule has 5 heteroatoms. The summed E-state index contributed by atoms with van der Waals surface area (Å²) < 4.78 is 3.59. The number of halogens is 3. The monoisotopic (exact) mass is 418 g/mol. The van der Waals surface area contributed by atoms with Crippen molar-refractivity contribution in [2.24, 2.45) is 0 Å². The third kappa shape index (κ3) is 3.84. The summed E-state index contributed by atoms with van der Waals surface area (Å²) in [6, 6.07) is 28.8. The Morgan fingerprint density at radius 2 is 1.00 bits per heavy atom. The van der Waals surface area contributed by atoms with Crippen molar-refractivity contribution in [2.45, 2.75) is 15.3 Å². The summed E-state index contributed by atoms with van der Waals surface area (Å²) in [6.07, 6.45) is -1.10. The second-order valence-corrected chi connectivity index (χ2v) is 8.43. The second-order valence-electron chi connectivity index (χ2n) is 6.06. The minimum atomic E-state index is -1.87. The van der Waals surface area contributed by atoms with E-state index >= 15 is 0 Å². The highest BCUT2D eigenvalue weighted by Gasteiger charge is 2.54. The molecule has 0 aliphatic carbocycles. The Morgan fingerprint density at radius 3 is 1.26 bits per heavy atom. The first kappa shape index (κ1) is 19.8. The van der Waals surface area contributed by atoms with Crippen molar-refractivity contribution in [2.75, 3.05) is 0 Å². The molecule has 0 aliphatic rings. The van der Waals surface area contributed by atoms with Gasteiger partial charge >= 0.3 is 0 Å². The van der Waals surface area contributed by atoms with Gasteiger partial charge in [0.05, 0.1) is 5.41 Å². The van der Waals surface area contributed by atoms with E-state index in [4.69, 9.17) is 39.5 Å². The molecule has 0 aliphatic heterocycles. The quantitative estimate of drug-likeness (QED) is 0.281. The molecule has 0 heterocycles. The molecule has 0 aromatic heterocycles. The maximum absolute atomic E-state index is 11.4. The highest BCUT2D eigenvalue weighted by atomic mass is 35.6. The second kappa shape index (κ2) is 8.35. The molecule has 1 atom stereocenters. The van der Waals surface area contributed by atoms with E-state index < -0.39 is 15.3 Å². The molecule has 0 spiro atoms. The van der Waals surface area contributed by atoms with Gasteiger partial charge in [-0.1, -0.05) is 126 Å². The number of carbonyl (C=O) groups excluding carboxylic acids is 1. The van der Waals surface area contributed by atoms with Crippen molar-refractivity contribution < 1.29 is 9.53 Å². The maximum Gasteiger partial charge on any atom is 0.293 e. The van der Waals surface area contributed by atoms with Crippen LogP contribution in [0.4, 0.5) is 0 Å². The van der Waals surface area contributed by atoms with Crippen LogP contribution in [-0.4, -0.2) is 16.4 Å². The number of ether oxygens (including phenoxy) is 1. The topological polar surface area (TPSA) is 26.3 Å². The summed E-state index contributed by atoms with van der Waals surface area (Å²) in [5.41, 5.74) is 1.53. The average molecular weight is 420 g/mol. The zero-order valence-corrected chi connectivity index (χ0v) is 16.5. The summed E-state index contributed by atoms with van der Waals surface area (Å²) >= 11 is 19.1. The van der Waals surface area contributed by atoms with Gasteiger partial charge < -0.3 is 4.74 Å². The lowest BCUT2D eigenvalue weighted by atomic mass is 9.66. The van der Waals surface area contributed by atoms with E-state index in [1.807, 2.05) is 91.0 Å². The van der Waals surface area contributed by atoms with E-state index in [1.54, 1.807) is 0 Å². The fraction of sp³-hybridized carbons (Fsp3) is 0.136. The molecule has 1 unspecified atom stereocenters. The number of hydrogen-bond donors (Lipinski definition) is 0. The van der Waals surface area contributed by atoms with E-state index in [0.29, 0.717) is 6.47 Å². The molecule has 0 saturated carbocycles. The van der Waals surface area contributed by atoms with Crippen LogP contribution in [0.15, 0.2) is 91.0 Å². The zero-order chi connectivity index (χ0) is 19.3. The van der Waals surface area contributed by atoms with Gasteiger partial charge in [-0.3, -0.25) is 4.79 Å². The number of carbonyl (C=O) groups is 1. The number of benzene rings is 3. The molecule has 27 heavy (non-hydrogen) atoms. The van der Waals surface area contributed by atoms with Crippen LogP contribution in [-0.2, 0) is 14.9 Å². The van der Waals surface area contributed by atoms with Gasteiger partial charge in [0.15, 0.2) is 6.10 Å². The van der Waals surface area contributed by atoms with Crippen LogP contribution in [0.3, 0.4) is 0 Å². The lowest BCUT2D eigenvalue weighted by Crippen LogP contribution is -2.50. The number of hydrogen-bond acceptors (Lipinski definition) is 2. The smallest absolute Gasteiger partial charge is 0.293 e. The van der Waals surface area contributed by atoms with Crippen molar-refractivity contribution in [1.82, 2.24) is 0 Å². The molecule has 0 radical (unpaired) electrons. The number of alkyl halides is 3. The Bertz CT molecular complexity index is 766. The van der Waals surface area contributed by atoms with E-state index in [1.165, 1.54) is 0 Å². The molecule has 3 rings (SSSR count). The van der Waals surface area contributed by atoms with Crippen LogP contribution in [0, 0.1) is 0 Å². The minimum absolute atomic E-state index is 0.329. The standard InChI is InChI=1S/C22H17Cl3O2/c23-22(24,25)20(27-16-26)21(17-10-4-1-5-11-17,18-12-6-2-7-13-18)19-14-8-3-9-15-19/h1-16,20H. The van der Waals surface area contributed by atoms with Crippen LogP contribution >= 0.6 is 34.8 Å². The van der Waals surface area contributed by atoms with Crippen LogP contribution in [0.5, 0.6) is 0 Å². The summed E-state index contributed by atoms with van der Waals surface area (Å²) in [6.45, 7) is 0.329. The van der Waals surface area contributed by atoms with Gasteiger partial charge in [0.25, 0.3) is 6.47 Å². The first-order chi connectivity index (χ1) is 13.0. The highest BCUT2D eigenvalue weighted by Crippen LogP contribution is 2.50. The maximum atomic E-state index is 11.4. The summed E-state index contributed by atoms with van der Waals surface area (Å²) in [4.78, 5) is 11.4. The molecule has 0 saturated heterocycles. The van der Waals surface area contributed by atoms with Crippen molar-refractivity contribution in [3.63, 3.8) is 0 Å². The van der Waals surface area contributed by atoms with Gasteiger partial charge in [-0.15, -0.1) is 0 Å². The van der Waals surface area contributed by atoms with Crippen LogP contribution in [0.1, 0.15) is 16.7 Å². The Morgan fingerprint density at radius 1 is 0.667 bits per heavy atom. The third-order valence-electron chi connectivity index (χ3n) is 4.57. The van der Waals surface area contributed by atoms with Crippen molar-refractivity contribution in [3.05, 3.63) is 108 Å². The first-order valence-electron chi connectivity index (χ1n) is 8.33. The molecule has 3 aromatic carbocycles. The molecular formula is C22H17Cl3O2. The third-order valence-corrected chi connectivity index (χ3v) is 5.16. The number of rotatable bonds is 6. The lowest BCUT2D eigenvalue weighted by Gasteiger charge is -2.43. The lowest BCUT2D eigenvalue weighted by molar-refractivity contribution is -0.135. The van der Waals surface area contributed by atoms with E-state index in [2.05, 4.69) is 0 Å². The largest absolute Gasteiger partial charge is 0.458 e. The Hall–Kier alpha value is -2.00. The SMILES string of the molecule is O=COC(C(Cl)(Cl)Cl)C(c1ccccc1)(c1ccccc1)c1ccccc1. The van der Waals surface area contributed by atoms with E-state index in [0.717, 1.165) is 16.7 Å². The minimum Gasteiger partial charge on any atom is -0.458 e. The van der Waals surface area contributed by atoms with Gasteiger partial charge in [0.2, 0.25) is 3.79 Å². The van der Waals surface area contributed by atoms with Crippen LogP contribution in [0.2, 0.25) is 0 Å². The molecule has 0 amide bonds. The van der Waals surface area contributed by atoms with Crippen LogP contribution in [0.25, 0.3) is 0 Å². The van der Waals surface area contributed by atoms with Gasteiger partial charge in [-0.2, -0.15) is 0 Å². The highest BCUT2D eigenvalue weighted by molar-refractivity contribution is 6.68. The van der Waals surface area contributed by atoms with Gasteiger partial charge in [0.1, 0.15) is 0 Å². The predicted octanol–water partition coefficient (Wildman–Crippen LogP) is 5.93. The zero-order valence-electron chi connectivity index (χ0n) is 14.3. The van der Waals surface area contributed by atoms with Gasteiger partial charge in [-0.25, -0.2) is 0 Å². The fourth-order valence-corrected chi connectivity index (χ4v) is 4.18. The Kier molecular flexibility index (Phi) is 6.11. The Balaban J connectivity index is 2.44. The van der Waals surface area contributed by atoms with Gasteiger partial charge in [0, 0.05) is 0 Å². The van der Waals surface area contributed by atoms with E-state index in [-0.39, 0.29) is 0 Å². The van der Waals surface area contributed by atoms with E-state index in [9.17, 15) is 4.79 Å². The van der Waals surface area contributed by atoms with Gasteiger partial charge in [-0.05, 0) is 16.7 Å². The predicted molar refractivity (Wildman–Crippen MR) is 110 cm³/mol. The molecule has 0 N–H and O–H groups in total. The molecule has 0 bridgehead atoms. The normalized spacial score (nSPS) is 13.0. The molecule has 138 valence electrons. The first-order valence-corrected chi connectivity index (χ1v) is 9.47. The molecular weight excluding hydrogens is 403 g/mol. The summed E-state index contributed by atoms with van der Waals surface area (Å²) in [5.74, 6) is 0. The summed E-state index contributed by atoms with van der Waals surface area (Å²) in [7, 11) is 0. The molecule has 2 nitrogen and oxygen atoms in total. The van der Waals surface area contributed by atoms with Crippen molar-refractivity contribution in [1.29, 1.82) is 0 Å². The molecule has 3 aromatic rings. The van der Waals surface area contributed by atoms with Crippen LogP contribution < -0.4 is 0 Å². The molecule has 0 fully saturated rings. The Labute approximate surface area is 173 Å².